The highest BCUT2D eigenvalue weighted by molar-refractivity contribution is 6.26. The zero-order chi connectivity index (χ0) is 42.4. The van der Waals surface area contributed by atoms with Crippen LogP contribution in [-0.2, 0) is 0 Å². The zero-order valence-corrected chi connectivity index (χ0v) is 35.1. The summed E-state index contributed by atoms with van der Waals surface area (Å²) in [7, 11) is 0. The van der Waals surface area contributed by atoms with Gasteiger partial charge >= 0.3 is 0 Å². The molecular formula is C62H42N2. The molecule has 0 spiro atoms. The number of benzene rings is 11. The molecule has 0 amide bonds. The Hall–Kier alpha value is -8.46. The Labute approximate surface area is 373 Å². The van der Waals surface area contributed by atoms with Crippen molar-refractivity contribution in [2.24, 2.45) is 0 Å². The normalized spacial score (nSPS) is 11.4. The third-order valence-corrected chi connectivity index (χ3v) is 12.8. The molecule has 0 aliphatic heterocycles. The fourth-order valence-corrected chi connectivity index (χ4v) is 9.75. The van der Waals surface area contributed by atoms with Crippen LogP contribution in [0.3, 0.4) is 0 Å². The lowest BCUT2D eigenvalue weighted by Crippen LogP contribution is -2.10. The van der Waals surface area contributed by atoms with Crippen LogP contribution >= 0.6 is 0 Å². The van der Waals surface area contributed by atoms with E-state index in [0.29, 0.717) is 0 Å². The van der Waals surface area contributed by atoms with Crippen LogP contribution in [0.4, 0.5) is 17.1 Å². The molecule has 0 N–H and O–H groups in total. The lowest BCUT2D eigenvalue weighted by atomic mass is 9.93. The predicted molar refractivity (Wildman–Crippen MR) is 272 cm³/mol. The molecule has 0 unspecified atom stereocenters. The van der Waals surface area contributed by atoms with Crippen molar-refractivity contribution in [2.45, 2.75) is 0 Å². The van der Waals surface area contributed by atoms with Crippen LogP contribution < -0.4 is 4.90 Å². The second-order valence-electron chi connectivity index (χ2n) is 16.5. The molecule has 1 aromatic heterocycles. The molecule has 0 saturated carbocycles. The Morgan fingerprint density at radius 2 is 0.750 bits per heavy atom. The van der Waals surface area contributed by atoms with Gasteiger partial charge in [-0.25, -0.2) is 0 Å². The molecule has 0 fully saturated rings. The van der Waals surface area contributed by atoms with E-state index in [2.05, 4.69) is 264 Å². The SMILES string of the molecule is c1ccc(-c2ccc(N(c3ccc(-c4ccccc4)cc3)c3cccc(-c4cccc(-n5c6cccc(-c7cccc8ccccc78)c6c6c7ccccc7ccc65)c4)c3)cc2)cc1. The summed E-state index contributed by atoms with van der Waals surface area (Å²) in [5.41, 5.74) is 16.4. The third kappa shape index (κ3) is 6.52. The van der Waals surface area contributed by atoms with Crippen molar-refractivity contribution in [3.63, 3.8) is 0 Å². The summed E-state index contributed by atoms with van der Waals surface area (Å²) < 4.78 is 2.47. The van der Waals surface area contributed by atoms with E-state index in [1.165, 1.54) is 76.7 Å². The van der Waals surface area contributed by atoms with E-state index >= 15 is 0 Å². The van der Waals surface area contributed by atoms with E-state index in [1.54, 1.807) is 0 Å². The van der Waals surface area contributed by atoms with Gasteiger partial charge in [-0.15, -0.1) is 0 Å². The fraction of sp³-hybridized carbons (Fsp3) is 0. The van der Waals surface area contributed by atoms with Gasteiger partial charge in [-0.05, 0) is 127 Å². The Bertz CT molecular complexity index is 3550. The fourth-order valence-electron chi connectivity index (χ4n) is 9.75. The highest BCUT2D eigenvalue weighted by Gasteiger charge is 2.20. The summed E-state index contributed by atoms with van der Waals surface area (Å²) in [6.07, 6.45) is 0. The molecule has 0 radical (unpaired) electrons. The van der Waals surface area contributed by atoms with E-state index in [9.17, 15) is 0 Å². The molecule has 2 nitrogen and oxygen atoms in total. The van der Waals surface area contributed by atoms with Crippen LogP contribution in [0.1, 0.15) is 0 Å². The van der Waals surface area contributed by atoms with E-state index in [0.717, 1.165) is 33.9 Å². The molecule has 12 aromatic rings. The van der Waals surface area contributed by atoms with Gasteiger partial charge in [-0.3, -0.25) is 0 Å². The van der Waals surface area contributed by atoms with Gasteiger partial charge in [-0.2, -0.15) is 0 Å². The van der Waals surface area contributed by atoms with Crippen LogP contribution in [0.15, 0.2) is 255 Å². The van der Waals surface area contributed by atoms with Gasteiger partial charge in [0.05, 0.1) is 11.0 Å². The van der Waals surface area contributed by atoms with Gasteiger partial charge in [0.2, 0.25) is 0 Å². The number of rotatable bonds is 8. The highest BCUT2D eigenvalue weighted by Crippen LogP contribution is 2.44. The van der Waals surface area contributed by atoms with E-state index in [4.69, 9.17) is 0 Å². The average Bonchev–Trinajstić information content (AvgIpc) is 3.73. The van der Waals surface area contributed by atoms with E-state index < -0.39 is 0 Å². The molecule has 12 rings (SSSR count). The third-order valence-electron chi connectivity index (χ3n) is 12.8. The van der Waals surface area contributed by atoms with Crippen LogP contribution in [-0.4, -0.2) is 4.57 Å². The lowest BCUT2D eigenvalue weighted by Gasteiger charge is -2.26. The molecule has 0 atom stereocenters. The maximum Gasteiger partial charge on any atom is 0.0547 e. The van der Waals surface area contributed by atoms with Crippen molar-refractivity contribution in [3.05, 3.63) is 255 Å². The van der Waals surface area contributed by atoms with Crippen LogP contribution in [0.25, 0.3) is 93.5 Å². The summed E-state index contributed by atoms with van der Waals surface area (Å²) in [5, 5.41) is 7.54. The van der Waals surface area contributed by atoms with E-state index in [1.807, 2.05) is 0 Å². The van der Waals surface area contributed by atoms with Gasteiger partial charge in [0.1, 0.15) is 0 Å². The van der Waals surface area contributed by atoms with Crippen molar-refractivity contribution in [1.29, 1.82) is 0 Å². The second kappa shape index (κ2) is 15.8. The van der Waals surface area contributed by atoms with Crippen molar-refractivity contribution >= 4 is 60.4 Å². The minimum atomic E-state index is 1.09. The first-order chi connectivity index (χ1) is 31.7. The number of nitrogens with zero attached hydrogens (tertiary/aromatic N) is 2. The van der Waals surface area contributed by atoms with E-state index in [-0.39, 0.29) is 0 Å². The van der Waals surface area contributed by atoms with Gasteiger partial charge in [0.25, 0.3) is 0 Å². The first-order valence-electron chi connectivity index (χ1n) is 22.0. The van der Waals surface area contributed by atoms with Crippen molar-refractivity contribution in [1.82, 2.24) is 4.57 Å². The summed E-state index contributed by atoms with van der Waals surface area (Å²) >= 11 is 0. The predicted octanol–water partition coefficient (Wildman–Crippen LogP) is 17.2. The smallest absolute Gasteiger partial charge is 0.0547 e. The number of fused-ring (bicyclic) bond motifs is 6. The molecule has 300 valence electrons. The van der Waals surface area contributed by atoms with Crippen molar-refractivity contribution < 1.29 is 0 Å². The van der Waals surface area contributed by atoms with Gasteiger partial charge in [-0.1, -0.05) is 194 Å². The summed E-state index contributed by atoms with van der Waals surface area (Å²) in [5.74, 6) is 0. The minimum Gasteiger partial charge on any atom is -0.310 e. The number of hydrogen-bond donors (Lipinski definition) is 0. The van der Waals surface area contributed by atoms with Crippen LogP contribution in [0.2, 0.25) is 0 Å². The van der Waals surface area contributed by atoms with Gasteiger partial charge in [0, 0.05) is 33.5 Å². The van der Waals surface area contributed by atoms with Crippen LogP contribution in [0, 0.1) is 0 Å². The first-order valence-corrected chi connectivity index (χ1v) is 22.0. The molecule has 64 heavy (non-hydrogen) atoms. The van der Waals surface area contributed by atoms with Gasteiger partial charge in [0.15, 0.2) is 0 Å². The van der Waals surface area contributed by atoms with Gasteiger partial charge < -0.3 is 9.47 Å². The summed E-state index contributed by atoms with van der Waals surface area (Å²) in [6.45, 7) is 0. The van der Waals surface area contributed by atoms with Crippen molar-refractivity contribution in [2.75, 3.05) is 4.90 Å². The molecule has 0 saturated heterocycles. The molecule has 11 aromatic carbocycles. The maximum absolute atomic E-state index is 2.47. The topological polar surface area (TPSA) is 8.17 Å². The molecule has 1 heterocycles. The Kier molecular flexibility index (Phi) is 9.20. The molecule has 0 aliphatic carbocycles. The molecule has 0 bridgehead atoms. The average molecular weight is 815 g/mol. The molecule has 0 aliphatic rings. The lowest BCUT2D eigenvalue weighted by molar-refractivity contribution is 1.18. The molecular weight excluding hydrogens is 773 g/mol. The Morgan fingerprint density at radius 1 is 0.266 bits per heavy atom. The maximum atomic E-state index is 2.47. The minimum absolute atomic E-state index is 1.09. The van der Waals surface area contributed by atoms with Crippen molar-refractivity contribution in [3.8, 4) is 50.2 Å². The monoisotopic (exact) mass is 814 g/mol. The summed E-state index contributed by atoms with van der Waals surface area (Å²) in [6, 6.07) is 92.6. The first kappa shape index (κ1) is 37.3. The number of aromatic nitrogens is 1. The second-order valence-corrected chi connectivity index (χ2v) is 16.5. The standard InChI is InChI=1S/C62H42N2/c1-3-15-43(16-4-1)45-31-36-51(37-32-45)63(52-38-33-46(34-39-52)44-17-5-2-6-18-44)53-24-11-22-49(41-53)50-23-12-25-54(42-50)64-59-30-14-29-58(57-28-13-21-47-19-7-9-26-55(47)57)62(59)61-56-27-10-8-20-48(56)35-40-60(61)64/h1-42H. The number of anilines is 3. The Balaban J connectivity index is 1.00. The Morgan fingerprint density at radius 3 is 1.44 bits per heavy atom. The molecule has 2 heteroatoms. The number of hydrogen-bond acceptors (Lipinski definition) is 1. The quantitative estimate of drug-likeness (QED) is 0.148. The largest absolute Gasteiger partial charge is 0.310 e. The van der Waals surface area contributed by atoms with Crippen LogP contribution in [0.5, 0.6) is 0 Å². The highest BCUT2D eigenvalue weighted by atomic mass is 15.1. The zero-order valence-electron chi connectivity index (χ0n) is 35.1. The summed E-state index contributed by atoms with van der Waals surface area (Å²) in [4.78, 5) is 2.36.